The van der Waals surface area contributed by atoms with Crippen molar-refractivity contribution in [2.24, 2.45) is 7.05 Å². The van der Waals surface area contributed by atoms with Gasteiger partial charge in [-0.15, -0.1) is 27.7 Å². The molecule has 23 heavy (non-hydrogen) atoms. The highest BCUT2D eigenvalue weighted by atomic mass is 35.5. The quantitative estimate of drug-likeness (QED) is 0.645. The molecule has 3 aromatic rings. The van der Waals surface area contributed by atoms with Crippen molar-refractivity contribution in [1.82, 2.24) is 35.6 Å². The lowest BCUT2D eigenvalue weighted by atomic mass is 10.0. The smallest absolute Gasteiger partial charge is 0.118 e. The SMILES string of the molecule is CCCCCCc1nnnnc1-c1ccc2c(c1)nnn2C.Cl. The molecule has 0 bridgehead atoms. The van der Waals surface area contributed by atoms with E-state index in [0.29, 0.717) is 0 Å². The lowest BCUT2D eigenvalue weighted by Gasteiger charge is -2.05. The number of fused-ring (bicyclic) bond motifs is 1. The number of halogens is 1. The van der Waals surface area contributed by atoms with Crippen LogP contribution >= 0.6 is 12.4 Å². The maximum atomic E-state index is 4.18. The van der Waals surface area contributed by atoms with Crippen molar-refractivity contribution >= 4 is 23.4 Å². The third-order valence-corrected chi connectivity index (χ3v) is 3.77. The van der Waals surface area contributed by atoms with E-state index in [0.717, 1.165) is 40.8 Å². The van der Waals surface area contributed by atoms with Gasteiger partial charge >= 0.3 is 0 Å². The number of hydrogen-bond donors (Lipinski definition) is 0. The number of aromatic nitrogens is 7. The fourth-order valence-corrected chi connectivity index (χ4v) is 2.54. The summed E-state index contributed by atoms with van der Waals surface area (Å²) in [6.45, 7) is 2.20. The van der Waals surface area contributed by atoms with Crippen LogP contribution in [0.15, 0.2) is 18.2 Å². The lowest BCUT2D eigenvalue weighted by molar-refractivity contribution is 0.641. The Hall–Kier alpha value is -2.15. The number of nitrogens with zero attached hydrogens (tertiary/aromatic N) is 7. The van der Waals surface area contributed by atoms with Crippen LogP contribution in [0.4, 0.5) is 0 Å². The highest BCUT2D eigenvalue weighted by Gasteiger charge is 2.11. The normalized spacial score (nSPS) is 10.7. The molecule has 2 heterocycles. The van der Waals surface area contributed by atoms with Gasteiger partial charge in [-0.25, -0.2) is 4.68 Å². The van der Waals surface area contributed by atoms with Crippen molar-refractivity contribution in [1.29, 1.82) is 0 Å². The van der Waals surface area contributed by atoms with Gasteiger partial charge in [0.25, 0.3) is 0 Å². The zero-order valence-corrected chi connectivity index (χ0v) is 14.1. The fourth-order valence-electron chi connectivity index (χ4n) is 2.54. The number of hydrogen-bond acceptors (Lipinski definition) is 6. The van der Waals surface area contributed by atoms with E-state index in [-0.39, 0.29) is 12.4 Å². The Balaban J connectivity index is 0.00000192. The average molecular weight is 334 g/mol. The van der Waals surface area contributed by atoms with Gasteiger partial charge in [0.2, 0.25) is 0 Å². The summed E-state index contributed by atoms with van der Waals surface area (Å²) in [4.78, 5) is 0. The molecule has 2 aromatic heterocycles. The number of aryl methyl sites for hydroxylation is 2. The Labute approximate surface area is 140 Å². The average Bonchev–Trinajstić information content (AvgIpc) is 2.93. The van der Waals surface area contributed by atoms with Crippen molar-refractivity contribution in [3.8, 4) is 11.3 Å². The summed E-state index contributed by atoms with van der Waals surface area (Å²) in [5, 5.41) is 23.9. The van der Waals surface area contributed by atoms with E-state index < -0.39 is 0 Å². The Morgan fingerprint density at radius 2 is 1.83 bits per heavy atom. The van der Waals surface area contributed by atoms with Crippen LogP contribution in [0, 0.1) is 0 Å². The number of rotatable bonds is 6. The Kier molecular flexibility index (Phi) is 5.92. The van der Waals surface area contributed by atoms with Crippen LogP contribution in [0.1, 0.15) is 38.3 Å². The van der Waals surface area contributed by atoms with Crippen molar-refractivity contribution in [3.05, 3.63) is 23.9 Å². The second-order valence-electron chi connectivity index (χ2n) is 5.40. The van der Waals surface area contributed by atoms with Gasteiger partial charge in [-0.05, 0) is 35.4 Å². The minimum Gasteiger partial charge on any atom is -0.248 e. The molecule has 0 fully saturated rings. The molecule has 3 rings (SSSR count). The van der Waals surface area contributed by atoms with Crippen LogP contribution < -0.4 is 0 Å². The molecule has 7 nitrogen and oxygen atoms in total. The van der Waals surface area contributed by atoms with Gasteiger partial charge in [0.1, 0.15) is 11.2 Å². The maximum Gasteiger partial charge on any atom is 0.118 e. The second-order valence-corrected chi connectivity index (χ2v) is 5.40. The minimum absolute atomic E-state index is 0. The Bertz CT molecular complexity index is 771. The number of unbranched alkanes of at least 4 members (excludes halogenated alkanes) is 3. The molecule has 0 radical (unpaired) electrons. The van der Waals surface area contributed by atoms with E-state index in [4.69, 9.17) is 0 Å². The summed E-state index contributed by atoms with van der Waals surface area (Å²) in [5.41, 5.74) is 4.48. The molecule has 0 N–H and O–H groups in total. The topological polar surface area (TPSA) is 82.3 Å². The van der Waals surface area contributed by atoms with Crippen LogP contribution in [-0.4, -0.2) is 35.6 Å². The van der Waals surface area contributed by atoms with E-state index in [1.165, 1.54) is 19.3 Å². The molecule has 8 heteroatoms. The third kappa shape index (κ3) is 3.79. The molecule has 0 aliphatic heterocycles. The first-order chi connectivity index (χ1) is 10.8. The molecule has 0 atom stereocenters. The highest BCUT2D eigenvalue weighted by Crippen LogP contribution is 2.23. The Morgan fingerprint density at radius 1 is 1.00 bits per heavy atom. The lowest BCUT2D eigenvalue weighted by Crippen LogP contribution is -2.03. The van der Waals surface area contributed by atoms with Crippen LogP contribution in [-0.2, 0) is 13.5 Å². The van der Waals surface area contributed by atoms with E-state index >= 15 is 0 Å². The second kappa shape index (κ2) is 7.92. The monoisotopic (exact) mass is 333 g/mol. The summed E-state index contributed by atoms with van der Waals surface area (Å²) >= 11 is 0. The Morgan fingerprint density at radius 3 is 2.65 bits per heavy atom. The van der Waals surface area contributed by atoms with Crippen molar-refractivity contribution in [2.75, 3.05) is 0 Å². The van der Waals surface area contributed by atoms with Gasteiger partial charge in [0.15, 0.2) is 0 Å². The van der Waals surface area contributed by atoms with Crippen LogP contribution in [0.5, 0.6) is 0 Å². The summed E-state index contributed by atoms with van der Waals surface area (Å²) in [6, 6.07) is 5.98. The zero-order valence-electron chi connectivity index (χ0n) is 13.3. The van der Waals surface area contributed by atoms with Gasteiger partial charge in [0, 0.05) is 12.6 Å². The van der Waals surface area contributed by atoms with Crippen molar-refractivity contribution in [2.45, 2.75) is 39.0 Å². The van der Waals surface area contributed by atoms with E-state index in [1.807, 2.05) is 25.2 Å². The van der Waals surface area contributed by atoms with Gasteiger partial charge in [-0.3, -0.25) is 0 Å². The van der Waals surface area contributed by atoms with Crippen molar-refractivity contribution in [3.63, 3.8) is 0 Å². The first-order valence-corrected chi connectivity index (χ1v) is 7.64. The number of benzene rings is 1. The molecule has 0 aliphatic carbocycles. The molecule has 122 valence electrons. The largest absolute Gasteiger partial charge is 0.248 e. The highest BCUT2D eigenvalue weighted by molar-refractivity contribution is 5.85. The molecule has 0 unspecified atom stereocenters. The van der Waals surface area contributed by atoms with E-state index in [9.17, 15) is 0 Å². The molecule has 0 spiro atoms. The van der Waals surface area contributed by atoms with Crippen molar-refractivity contribution < 1.29 is 0 Å². The molecule has 0 aliphatic rings. The standard InChI is InChI=1S/C15H19N7.ClH/c1-3-4-5-6-7-12-15(18-20-19-16-12)11-8-9-14-13(10-11)17-21-22(14)2;/h8-10H,3-7H2,1-2H3;1H. The minimum atomic E-state index is 0. The maximum absolute atomic E-state index is 4.18. The molecular formula is C15H20ClN7. The molecule has 0 saturated carbocycles. The van der Waals surface area contributed by atoms with Crippen LogP contribution in [0.3, 0.4) is 0 Å². The summed E-state index contributed by atoms with van der Waals surface area (Å²) in [7, 11) is 1.88. The summed E-state index contributed by atoms with van der Waals surface area (Å²) in [5.74, 6) is 0. The van der Waals surface area contributed by atoms with Crippen LogP contribution in [0.2, 0.25) is 0 Å². The van der Waals surface area contributed by atoms with Gasteiger partial charge in [0.05, 0.1) is 11.2 Å². The zero-order chi connectivity index (χ0) is 15.4. The van der Waals surface area contributed by atoms with Crippen LogP contribution in [0.25, 0.3) is 22.3 Å². The van der Waals surface area contributed by atoms with E-state index in [2.05, 4.69) is 37.9 Å². The first kappa shape index (κ1) is 17.2. The predicted molar refractivity (Wildman–Crippen MR) is 90.2 cm³/mol. The summed E-state index contributed by atoms with van der Waals surface area (Å²) in [6.07, 6.45) is 5.62. The van der Waals surface area contributed by atoms with Gasteiger partial charge in [-0.2, -0.15) is 0 Å². The summed E-state index contributed by atoms with van der Waals surface area (Å²) < 4.78 is 1.75. The third-order valence-electron chi connectivity index (χ3n) is 3.77. The fraction of sp³-hybridized carbons (Fsp3) is 0.467. The van der Waals surface area contributed by atoms with Gasteiger partial charge in [-0.1, -0.05) is 37.5 Å². The molecule has 1 aromatic carbocycles. The van der Waals surface area contributed by atoms with Gasteiger partial charge < -0.3 is 0 Å². The predicted octanol–water partition coefficient (Wildman–Crippen LogP) is 2.76. The molecular weight excluding hydrogens is 314 g/mol. The molecule has 0 amide bonds. The molecule has 0 saturated heterocycles. The first-order valence-electron chi connectivity index (χ1n) is 7.64. The van der Waals surface area contributed by atoms with E-state index in [1.54, 1.807) is 4.68 Å².